The molecule has 2 heterocycles. The van der Waals surface area contributed by atoms with Crippen molar-refractivity contribution in [2.24, 2.45) is 0 Å². The van der Waals surface area contributed by atoms with Crippen LogP contribution in [-0.2, 0) is 0 Å². The molecule has 0 radical (unpaired) electrons. The van der Waals surface area contributed by atoms with E-state index in [1.54, 1.807) is 11.8 Å². The Labute approximate surface area is 68.3 Å². The molecule has 0 saturated carbocycles. The number of thioether (sulfide) groups is 1. The summed E-state index contributed by atoms with van der Waals surface area (Å²) in [6.07, 6.45) is 1.19. The van der Waals surface area contributed by atoms with Gasteiger partial charge in [-0.2, -0.15) is 5.21 Å². The normalized spacial score (nSPS) is 24.2. The zero-order valence-electron chi connectivity index (χ0n) is 5.95. The summed E-state index contributed by atoms with van der Waals surface area (Å²) in [4.78, 5) is 0. The van der Waals surface area contributed by atoms with Gasteiger partial charge in [-0.15, -0.1) is 10.2 Å². The van der Waals surface area contributed by atoms with Gasteiger partial charge in [0.1, 0.15) is 0 Å². The van der Waals surface area contributed by atoms with Gasteiger partial charge in [0.2, 0.25) is 5.16 Å². The Balaban J connectivity index is 1.90. The van der Waals surface area contributed by atoms with Crippen molar-refractivity contribution >= 4 is 11.8 Å². The lowest BCUT2D eigenvalue weighted by Crippen LogP contribution is -2.10. The fourth-order valence-electron chi connectivity index (χ4n) is 1.08. The highest BCUT2D eigenvalue weighted by atomic mass is 32.2. The zero-order chi connectivity index (χ0) is 7.52. The summed E-state index contributed by atoms with van der Waals surface area (Å²) in [7, 11) is 0. The molecule has 6 heteroatoms. The molecular formula is C5H9N5S. The monoisotopic (exact) mass is 171 g/mol. The summed E-state index contributed by atoms with van der Waals surface area (Å²) in [6, 6.07) is 0. The maximum absolute atomic E-state index is 3.87. The van der Waals surface area contributed by atoms with Crippen LogP contribution in [0.4, 0.5) is 0 Å². The lowest BCUT2D eigenvalue weighted by molar-refractivity contribution is 0.857. The molecule has 0 aliphatic carbocycles. The van der Waals surface area contributed by atoms with Crippen molar-refractivity contribution in [1.29, 1.82) is 0 Å². The van der Waals surface area contributed by atoms with Gasteiger partial charge in [0.05, 0.1) is 0 Å². The number of aromatic nitrogens is 4. The van der Waals surface area contributed by atoms with E-state index in [-0.39, 0.29) is 0 Å². The number of rotatable bonds is 2. The lowest BCUT2D eigenvalue weighted by atomic mass is 10.4. The number of hydrogen-bond donors (Lipinski definition) is 2. The number of H-pyrrole nitrogens is 1. The molecule has 5 nitrogen and oxygen atoms in total. The van der Waals surface area contributed by atoms with Gasteiger partial charge in [-0.3, -0.25) is 0 Å². The third-order valence-electron chi connectivity index (χ3n) is 1.61. The van der Waals surface area contributed by atoms with Gasteiger partial charge in [-0.25, -0.2) is 0 Å². The second kappa shape index (κ2) is 3.19. The number of aromatic amines is 1. The van der Waals surface area contributed by atoms with Crippen molar-refractivity contribution in [3.8, 4) is 0 Å². The highest BCUT2D eigenvalue weighted by Crippen LogP contribution is 2.22. The molecule has 0 aromatic carbocycles. The van der Waals surface area contributed by atoms with Crippen molar-refractivity contribution in [3.63, 3.8) is 0 Å². The van der Waals surface area contributed by atoms with Gasteiger partial charge in [0.15, 0.2) is 0 Å². The summed E-state index contributed by atoms with van der Waals surface area (Å²) in [5.41, 5.74) is 0. The van der Waals surface area contributed by atoms with Crippen LogP contribution >= 0.6 is 11.8 Å². The molecule has 0 spiro atoms. The van der Waals surface area contributed by atoms with E-state index in [0.29, 0.717) is 5.25 Å². The van der Waals surface area contributed by atoms with Crippen molar-refractivity contribution in [2.75, 3.05) is 13.1 Å². The largest absolute Gasteiger partial charge is 0.316 e. The molecule has 60 valence electrons. The van der Waals surface area contributed by atoms with Crippen LogP contribution in [0.15, 0.2) is 5.16 Å². The van der Waals surface area contributed by atoms with Crippen molar-refractivity contribution < 1.29 is 0 Å². The Morgan fingerprint density at radius 2 is 2.55 bits per heavy atom. The van der Waals surface area contributed by atoms with E-state index in [2.05, 4.69) is 25.9 Å². The summed E-state index contributed by atoms with van der Waals surface area (Å²) in [5.74, 6) is 0. The van der Waals surface area contributed by atoms with Crippen LogP contribution in [-0.4, -0.2) is 39.0 Å². The van der Waals surface area contributed by atoms with Gasteiger partial charge < -0.3 is 5.32 Å². The molecule has 1 fully saturated rings. The number of nitrogens with one attached hydrogen (secondary N) is 2. The van der Waals surface area contributed by atoms with E-state index in [1.165, 1.54) is 6.42 Å². The predicted molar refractivity (Wildman–Crippen MR) is 41.3 cm³/mol. The summed E-state index contributed by atoms with van der Waals surface area (Å²) >= 11 is 1.68. The average Bonchev–Trinajstić information content (AvgIpc) is 2.60. The standard InChI is InChI=1S/C5H9N5S/c1-2-6-3-4(1)11-5-7-9-10-8-5/h4,6H,1-3H2,(H,7,8,9,10). The number of nitrogens with zero attached hydrogens (tertiary/aromatic N) is 3. The van der Waals surface area contributed by atoms with E-state index in [1.807, 2.05) is 0 Å². The molecule has 2 N–H and O–H groups in total. The average molecular weight is 171 g/mol. The fourth-order valence-corrected chi connectivity index (χ4v) is 2.00. The summed E-state index contributed by atoms with van der Waals surface area (Å²) in [5, 5.41) is 18.3. The Morgan fingerprint density at radius 3 is 3.18 bits per heavy atom. The van der Waals surface area contributed by atoms with Gasteiger partial charge in [0.25, 0.3) is 0 Å². The van der Waals surface area contributed by atoms with Gasteiger partial charge in [-0.1, -0.05) is 11.8 Å². The fraction of sp³-hybridized carbons (Fsp3) is 0.800. The van der Waals surface area contributed by atoms with E-state index >= 15 is 0 Å². The number of tetrazole rings is 1. The third kappa shape index (κ3) is 1.69. The second-order valence-electron chi connectivity index (χ2n) is 2.43. The highest BCUT2D eigenvalue weighted by Gasteiger charge is 2.17. The molecule has 1 saturated heterocycles. The van der Waals surface area contributed by atoms with Crippen LogP contribution in [0.3, 0.4) is 0 Å². The summed E-state index contributed by atoms with van der Waals surface area (Å²) in [6.45, 7) is 2.16. The van der Waals surface area contributed by atoms with Crippen LogP contribution < -0.4 is 5.32 Å². The van der Waals surface area contributed by atoms with Crippen LogP contribution in [0.25, 0.3) is 0 Å². The quantitative estimate of drug-likeness (QED) is 0.637. The molecule has 11 heavy (non-hydrogen) atoms. The molecule has 1 aliphatic heterocycles. The van der Waals surface area contributed by atoms with E-state index in [9.17, 15) is 0 Å². The van der Waals surface area contributed by atoms with Crippen LogP contribution in [0.2, 0.25) is 0 Å². The van der Waals surface area contributed by atoms with Gasteiger partial charge in [-0.05, 0) is 18.2 Å². The van der Waals surface area contributed by atoms with Crippen LogP contribution in [0.1, 0.15) is 6.42 Å². The van der Waals surface area contributed by atoms with Gasteiger partial charge in [0, 0.05) is 11.8 Å². The highest BCUT2D eigenvalue weighted by molar-refractivity contribution is 7.99. The molecule has 1 aliphatic rings. The molecule has 1 aromatic heterocycles. The first-order valence-electron chi connectivity index (χ1n) is 3.56. The predicted octanol–water partition coefficient (Wildman–Crippen LogP) is -0.346. The molecule has 1 aromatic rings. The van der Waals surface area contributed by atoms with E-state index < -0.39 is 0 Å². The minimum absolute atomic E-state index is 0.618. The lowest BCUT2D eigenvalue weighted by Gasteiger charge is -2.01. The Hall–Kier alpha value is -0.620. The van der Waals surface area contributed by atoms with E-state index in [4.69, 9.17) is 0 Å². The summed E-state index contributed by atoms with van der Waals surface area (Å²) < 4.78 is 0. The maximum Gasteiger partial charge on any atom is 0.231 e. The van der Waals surface area contributed by atoms with Crippen molar-refractivity contribution in [1.82, 2.24) is 25.9 Å². The van der Waals surface area contributed by atoms with Crippen LogP contribution in [0, 0.1) is 0 Å². The third-order valence-corrected chi connectivity index (χ3v) is 2.73. The minimum Gasteiger partial charge on any atom is -0.316 e. The van der Waals surface area contributed by atoms with Crippen molar-refractivity contribution in [2.45, 2.75) is 16.8 Å². The molecule has 2 rings (SSSR count). The van der Waals surface area contributed by atoms with Gasteiger partial charge >= 0.3 is 0 Å². The Bertz CT molecular complexity index is 205. The molecule has 0 amide bonds. The van der Waals surface area contributed by atoms with Crippen molar-refractivity contribution in [3.05, 3.63) is 0 Å². The topological polar surface area (TPSA) is 66.5 Å². The maximum atomic E-state index is 3.87. The molecule has 1 atom stereocenters. The number of hydrogen-bond acceptors (Lipinski definition) is 5. The smallest absolute Gasteiger partial charge is 0.231 e. The first-order valence-corrected chi connectivity index (χ1v) is 4.44. The van der Waals surface area contributed by atoms with Crippen LogP contribution in [0.5, 0.6) is 0 Å². The first-order chi connectivity index (χ1) is 5.45. The Morgan fingerprint density at radius 1 is 1.55 bits per heavy atom. The minimum atomic E-state index is 0.618. The molecule has 0 bridgehead atoms. The van der Waals surface area contributed by atoms with E-state index in [0.717, 1.165) is 18.2 Å². The first kappa shape index (κ1) is 7.05. The molecular weight excluding hydrogens is 162 g/mol. The Kier molecular flexibility index (Phi) is 2.04. The zero-order valence-corrected chi connectivity index (χ0v) is 6.77. The second-order valence-corrected chi connectivity index (χ2v) is 3.69. The SMILES string of the molecule is C1CC(Sc2nn[nH]n2)CN1. The molecule has 1 unspecified atom stereocenters.